The summed E-state index contributed by atoms with van der Waals surface area (Å²) >= 11 is 1.63. The Morgan fingerprint density at radius 2 is 2.11 bits per heavy atom. The fourth-order valence-corrected chi connectivity index (χ4v) is 4.68. The van der Waals surface area contributed by atoms with Crippen molar-refractivity contribution in [2.24, 2.45) is 10.9 Å². The first kappa shape index (κ1) is 20.9. The minimum atomic E-state index is 0.255. The van der Waals surface area contributed by atoms with Crippen LogP contribution in [0.2, 0.25) is 0 Å². The predicted molar refractivity (Wildman–Crippen MR) is 116 cm³/mol. The SMILES string of the molecule is CCNC(=NCc1csc(N(C)C)n1)NC1CCN(C(=O)C2CCCCC2)C1. The molecule has 0 radical (unpaired) electrons. The number of carbonyl (C=O) groups excluding carboxylic acids is 1. The molecule has 1 aromatic heterocycles. The van der Waals surface area contributed by atoms with E-state index in [9.17, 15) is 4.79 Å². The molecule has 156 valence electrons. The molecule has 3 rings (SSSR count). The van der Waals surface area contributed by atoms with Gasteiger partial charge in [-0.05, 0) is 26.2 Å². The molecule has 1 saturated heterocycles. The highest BCUT2D eigenvalue weighted by Gasteiger charge is 2.31. The van der Waals surface area contributed by atoms with E-state index in [1.54, 1.807) is 11.3 Å². The van der Waals surface area contributed by atoms with E-state index in [0.29, 0.717) is 12.5 Å². The average molecular weight is 407 g/mol. The van der Waals surface area contributed by atoms with Gasteiger partial charge in [0.05, 0.1) is 12.2 Å². The molecule has 1 aliphatic heterocycles. The average Bonchev–Trinajstić information content (AvgIpc) is 3.36. The van der Waals surface area contributed by atoms with Gasteiger partial charge in [0, 0.05) is 51.1 Å². The van der Waals surface area contributed by atoms with Crippen LogP contribution in [0.25, 0.3) is 0 Å². The predicted octanol–water partition coefficient (Wildman–Crippen LogP) is 2.45. The van der Waals surface area contributed by atoms with Crippen LogP contribution in [0.1, 0.15) is 51.1 Å². The van der Waals surface area contributed by atoms with Crippen molar-refractivity contribution < 1.29 is 4.79 Å². The number of thiazole rings is 1. The molecule has 2 aliphatic rings. The summed E-state index contributed by atoms with van der Waals surface area (Å²) in [5, 5.41) is 9.89. The maximum Gasteiger partial charge on any atom is 0.225 e. The molecule has 0 spiro atoms. The van der Waals surface area contributed by atoms with Crippen LogP contribution in [0.15, 0.2) is 10.4 Å². The lowest BCUT2D eigenvalue weighted by molar-refractivity contribution is -0.135. The molecular weight excluding hydrogens is 372 g/mol. The summed E-state index contributed by atoms with van der Waals surface area (Å²) in [4.78, 5) is 26.1. The summed E-state index contributed by atoms with van der Waals surface area (Å²) in [5.41, 5.74) is 0.978. The van der Waals surface area contributed by atoms with Gasteiger partial charge in [0.1, 0.15) is 0 Å². The van der Waals surface area contributed by atoms with Gasteiger partial charge in [-0.2, -0.15) is 0 Å². The van der Waals surface area contributed by atoms with Gasteiger partial charge in [0.2, 0.25) is 5.91 Å². The largest absolute Gasteiger partial charge is 0.357 e. The van der Waals surface area contributed by atoms with Crippen molar-refractivity contribution in [1.29, 1.82) is 0 Å². The Balaban J connectivity index is 1.52. The first-order valence-corrected chi connectivity index (χ1v) is 11.4. The van der Waals surface area contributed by atoms with Crippen LogP contribution in [0.4, 0.5) is 5.13 Å². The highest BCUT2D eigenvalue weighted by Crippen LogP contribution is 2.26. The molecule has 28 heavy (non-hydrogen) atoms. The minimum Gasteiger partial charge on any atom is -0.357 e. The summed E-state index contributed by atoms with van der Waals surface area (Å²) in [7, 11) is 4.00. The number of carbonyl (C=O) groups is 1. The molecule has 7 nitrogen and oxygen atoms in total. The molecular formula is C20H34N6OS. The topological polar surface area (TPSA) is 72.9 Å². The monoisotopic (exact) mass is 406 g/mol. The number of anilines is 1. The Hall–Kier alpha value is -1.83. The van der Waals surface area contributed by atoms with Crippen molar-refractivity contribution in [1.82, 2.24) is 20.5 Å². The van der Waals surface area contributed by atoms with Crippen molar-refractivity contribution in [2.75, 3.05) is 38.6 Å². The van der Waals surface area contributed by atoms with E-state index in [2.05, 4.69) is 32.8 Å². The number of hydrogen-bond donors (Lipinski definition) is 2. The van der Waals surface area contributed by atoms with Crippen LogP contribution >= 0.6 is 11.3 Å². The number of amides is 1. The number of aliphatic imine (C=N–C) groups is 1. The zero-order valence-corrected chi connectivity index (χ0v) is 18.2. The third-order valence-electron chi connectivity index (χ3n) is 5.46. The lowest BCUT2D eigenvalue weighted by atomic mass is 9.88. The Morgan fingerprint density at radius 3 is 2.79 bits per heavy atom. The van der Waals surface area contributed by atoms with Gasteiger partial charge in [-0.1, -0.05) is 19.3 Å². The lowest BCUT2D eigenvalue weighted by Gasteiger charge is -2.26. The zero-order valence-electron chi connectivity index (χ0n) is 17.4. The van der Waals surface area contributed by atoms with Crippen molar-refractivity contribution in [3.05, 3.63) is 11.1 Å². The number of nitrogens with one attached hydrogen (secondary N) is 2. The van der Waals surface area contributed by atoms with Crippen LogP contribution in [-0.4, -0.2) is 61.5 Å². The molecule has 2 fully saturated rings. The minimum absolute atomic E-state index is 0.255. The normalized spacial score (nSPS) is 21.0. The standard InChI is InChI=1S/C20H34N6OS/c1-4-21-19(22-12-17-14-28-20(24-17)25(2)3)23-16-10-11-26(13-16)18(27)15-8-6-5-7-9-15/h14-16H,4-13H2,1-3H3,(H2,21,22,23). The Bertz CT molecular complexity index is 667. The van der Waals surface area contributed by atoms with E-state index in [-0.39, 0.29) is 12.0 Å². The van der Waals surface area contributed by atoms with Crippen molar-refractivity contribution in [3.63, 3.8) is 0 Å². The third kappa shape index (κ3) is 5.59. The van der Waals surface area contributed by atoms with Crippen molar-refractivity contribution in [2.45, 2.75) is 58.0 Å². The second-order valence-corrected chi connectivity index (χ2v) is 8.80. The second-order valence-electron chi connectivity index (χ2n) is 7.96. The first-order valence-electron chi connectivity index (χ1n) is 10.5. The third-order valence-corrected chi connectivity index (χ3v) is 6.52. The Morgan fingerprint density at radius 1 is 1.32 bits per heavy atom. The quantitative estimate of drug-likeness (QED) is 0.561. The van der Waals surface area contributed by atoms with Crippen LogP contribution < -0.4 is 15.5 Å². The van der Waals surface area contributed by atoms with Gasteiger partial charge in [0.15, 0.2) is 11.1 Å². The number of hydrogen-bond acceptors (Lipinski definition) is 5. The zero-order chi connectivity index (χ0) is 19.9. The summed E-state index contributed by atoms with van der Waals surface area (Å²) < 4.78 is 0. The van der Waals surface area contributed by atoms with Gasteiger partial charge in [-0.25, -0.2) is 9.98 Å². The Labute approximate surface area is 172 Å². The fraction of sp³-hybridized carbons (Fsp3) is 0.750. The maximum atomic E-state index is 12.8. The van der Waals surface area contributed by atoms with Crippen LogP contribution in [0.5, 0.6) is 0 Å². The van der Waals surface area contributed by atoms with Crippen LogP contribution in [0, 0.1) is 5.92 Å². The van der Waals surface area contributed by atoms with Crippen LogP contribution in [0.3, 0.4) is 0 Å². The lowest BCUT2D eigenvalue weighted by Crippen LogP contribution is -2.45. The van der Waals surface area contributed by atoms with E-state index in [1.807, 2.05) is 19.0 Å². The Kier molecular flexibility index (Phi) is 7.53. The summed E-state index contributed by atoms with van der Waals surface area (Å²) in [5.74, 6) is 1.42. The van der Waals surface area contributed by atoms with Gasteiger partial charge < -0.3 is 20.4 Å². The van der Waals surface area contributed by atoms with Gasteiger partial charge in [-0.15, -0.1) is 11.3 Å². The van der Waals surface area contributed by atoms with Gasteiger partial charge in [0.25, 0.3) is 0 Å². The van der Waals surface area contributed by atoms with E-state index in [0.717, 1.165) is 55.7 Å². The van der Waals surface area contributed by atoms with E-state index >= 15 is 0 Å². The molecule has 2 heterocycles. The molecule has 1 saturated carbocycles. The highest BCUT2D eigenvalue weighted by molar-refractivity contribution is 7.13. The number of rotatable bonds is 6. The van der Waals surface area contributed by atoms with Gasteiger partial charge in [-0.3, -0.25) is 4.79 Å². The summed E-state index contributed by atoms with van der Waals surface area (Å²) in [6.07, 6.45) is 6.81. The van der Waals surface area contributed by atoms with E-state index in [4.69, 9.17) is 4.99 Å². The second kappa shape index (κ2) is 10.1. The smallest absolute Gasteiger partial charge is 0.225 e. The van der Waals surface area contributed by atoms with Crippen molar-refractivity contribution >= 4 is 28.3 Å². The molecule has 8 heteroatoms. The molecule has 1 atom stereocenters. The summed E-state index contributed by atoms with van der Waals surface area (Å²) in [6.45, 7) is 5.06. The molecule has 2 N–H and O–H groups in total. The summed E-state index contributed by atoms with van der Waals surface area (Å²) in [6, 6.07) is 0.262. The number of likely N-dealkylation sites (tertiary alicyclic amines) is 1. The fourth-order valence-electron chi connectivity index (χ4n) is 3.93. The number of guanidine groups is 1. The molecule has 1 amide bonds. The highest BCUT2D eigenvalue weighted by atomic mass is 32.1. The molecule has 1 unspecified atom stereocenters. The maximum absolute atomic E-state index is 12.8. The number of nitrogens with zero attached hydrogens (tertiary/aromatic N) is 4. The molecule has 1 aromatic rings. The van der Waals surface area contributed by atoms with Gasteiger partial charge >= 0.3 is 0 Å². The molecule has 0 bridgehead atoms. The number of aromatic nitrogens is 1. The molecule has 1 aliphatic carbocycles. The van der Waals surface area contributed by atoms with E-state index < -0.39 is 0 Å². The van der Waals surface area contributed by atoms with Crippen molar-refractivity contribution in [3.8, 4) is 0 Å². The van der Waals surface area contributed by atoms with E-state index in [1.165, 1.54) is 19.3 Å². The van der Waals surface area contributed by atoms with Crippen LogP contribution in [-0.2, 0) is 11.3 Å². The molecule has 0 aromatic carbocycles. The first-order chi connectivity index (χ1) is 13.6.